The monoisotopic (exact) mass is 221 g/mol. The van der Waals surface area contributed by atoms with Crippen molar-refractivity contribution >= 4 is 17.6 Å². The first-order valence-electron chi connectivity index (χ1n) is 4.35. The molecule has 1 fully saturated rings. The van der Waals surface area contributed by atoms with Crippen LogP contribution >= 0.6 is 11.6 Å². The van der Waals surface area contributed by atoms with Gasteiger partial charge in [-0.1, -0.05) is 12.2 Å². The first kappa shape index (κ1) is 11.5. The molecule has 2 N–H and O–H groups in total. The lowest BCUT2D eigenvalue weighted by Gasteiger charge is -2.24. The highest BCUT2D eigenvalue weighted by Crippen LogP contribution is 2.28. The second-order valence-electron chi connectivity index (χ2n) is 3.63. The Bertz CT molecular complexity index is 259. The molecule has 1 rings (SSSR count). The minimum absolute atomic E-state index is 0.0156. The fraction of sp³-hybridized carbons (Fsp3) is 0.667. The summed E-state index contributed by atoms with van der Waals surface area (Å²) in [6.45, 7) is 3.72. The van der Waals surface area contributed by atoms with Gasteiger partial charge in [0, 0.05) is 18.8 Å². The Balaban J connectivity index is 2.73. The van der Waals surface area contributed by atoms with E-state index in [-0.39, 0.29) is 25.3 Å². The van der Waals surface area contributed by atoms with E-state index in [0.29, 0.717) is 5.57 Å². The molecule has 1 heterocycles. The van der Waals surface area contributed by atoms with E-state index in [4.69, 9.17) is 16.7 Å². The number of hydrogen-bond donors (Lipinski definition) is 2. The molecule has 0 spiro atoms. The Hall–Kier alpha value is -0.610. The molecule has 0 aromatic heterocycles. The van der Waals surface area contributed by atoms with Crippen molar-refractivity contribution in [2.24, 2.45) is 0 Å². The summed E-state index contributed by atoms with van der Waals surface area (Å²) in [5, 5.41) is 11.7. The smallest absolute Gasteiger partial charge is 0.324 e. The number of alkyl halides is 2. The lowest BCUT2D eigenvalue weighted by Crippen LogP contribution is -2.47. The molecule has 1 aliphatic rings. The summed E-state index contributed by atoms with van der Waals surface area (Å²) in [6.07, 6.45) is -0.931. The van der Waals surface area contributed by atoms with E-state index >= 15 is 0 Å². The van der Waals surface area contributed by atoms with Crippen LogP contribution in [-0.4, -0.2) is 35.2 Å². The van der Waals surface area contributed by atoms with Gasteiger partial charge in [-0.2, -0.15) is 0 Å². The number of carboxylic acids is 1. The topological polar surface area (TPSA) is 49.3 Å². The molecule has 0 radical (unpaired) electrons. The maximum atomic E-state index is 12.9. The van der Waals surface area contributed by atoms with Crippen LogP contribution in [-0.2, 0) is 4.79 Å². The van der Waals surface area contributed by atoms with Crippen LogP contribution < -0.4 is 5.32 Å². The third-order valence-electron chi connectivity index (χ3n) is 2.38. The van der Waals surface area contributed by atoms with Gasteiger partial charge in [0.1, 0.15) is 11.7 Å². The molecule has 0 amide bonds. The number of carbonyl (C=O) groups is 1. The average Bonchev–Trinajstić information content (AvgIpc) is 2.48. The van der Waals surface area contributed by atoms with Gasteiger partial charge in [-0.25, -0.2) is 4.39 Å². The van der Waals surface area contributed by atoms with Gasteiger partial charge in [-0.3, -0.25) is 10.1 Å². The van der Waals surface area contributed by atoms with Crippen LogP contribution in [0.4, 0.5) is 4.39 Å². The Morgan fingerprint density at radius 1 is 1.79 bits per heavy atom. The second-order valence-corrected chi connectivity index (χ2v) is 3.90. The maximum absolute atomic E-state index is 12.9. The Morgan fingerprint density at radius 2 is 2.43 bits per heavy atom. The summed E-state index contributed by atoms with van der Waals surface area (Å²) in [7, 11) is 0. The molecule has 0 aliphatic carbocycles. The van der Waals surface area contributed by atoms with Gasteiger partial charge in [0.2, 0.25) is 0 Å². The van der Waals surface area contributed by atoms with Crippen molar-refractivity contribution in [1.82, 2.24) is 5.32 Å². The van der Waals surface area contributed by atoms with Crippen molar-refractivity contribution < 1.29 is 14.3 Å². The van der Waals surface area contributed by atoms with E-state index in [0.717, 1.165) is 0 Å². The normalized spacial score (nSPS) is 31.7. The first-order chi connectivity index (χ1) is 6.50. The van der Waals surface area contributed by atoms with E-state index < -0.39 is 17.7 Å². The van der Waals surface area contributed by atoms with E-state index in [2.05, 4.69) is 11.9 Å². The summed E-state index contributed by atoms with van der Waals surface area (Å²) in [5.74, 6) is -0.836. The SMILES string of the molecule is C=C(CCl)CC1(C(=O)O)C[C@H](F)CN1. The second kappa shape index (κ2) is 4.28. The maximum Gasteiger partial charge on any atom is 0.324 e. The fourth-order valence-corrected chi connectivity index (χ4v) is 1.77. The Morgan fingerprint density at radius 3 is 2.79 bits per heavy atom. The minimum Gasteiger partial charge on any atom is -0.480 e. The van der Waals surface area contributed by atoms with Crippen LogP contribution in [0.1, 0.15) is 12.8 Å². The van der Waals surface area contributed by atoms with Gasteiger partial charge < -0.3 is 5.11 Å². The van der Waals surface area contributed by atoms with E-state index in [1.54, 1.807) is 0 Å². The summed E-state index contributed by atoms with van der Waals surface area (Å²) in [5.41, 5.74) is -0.596. The number of hydrogen-bond acceptors (Lipinski definition) is 2. The molecule has 3 nitrogen and oxygen atoms in total. The van der Waals surface area contributed by atoms with E-state index in [1.807, 2.05) is 0 Å². The zero-order chi connectivity index (χ0) is 10.8. The van der Waals surface area contributed by atoms with Crippen molar-refractivity contribution in [2.45, 2.75) is 24.6 Å². The molecule has 0 saturated carbocycles. The largest absolute Gasteiger partial charge is 0.480 e. The van der Waals surface area contributed by atoms with Crippen LogP contribution in [0.25, 0.3) is 0 Å². The molecule has 1 aliphatic heterocycles. The lowest BCUT2D eigenvalue weighted by atomic mass is 9.90. The molecular formula is C9H13ClFNO2. The Kier molecular flexibility index (Phi) is 3.50. The predicted molar refractivity (Wildman–Crippen MR) is 52.4 cm³/mol. The lowest BCUT2D eigenvalue weighted by molar-refractivity contribution is -0.144. The number of carboxylic acid groups (broad SMARTS) is 1. The molecule has 0 bridgehead atoms. The van der Waals surface area contributed by atoms with Gasteiger partial charge in [0.15, 0.2) is 0 Å². The first-order valence-corrected chi connectivity index (χ1v) is 4.89. The van der Waals surface area contributed by atoms with Gasteiger partial charge >= 0.3 is 5.97 Å². The molecule has 0 aromatic rings. The number of nitrogens with one attached hydrogen (secondary N) is 1. The van der Waals surface area contributed by atoms with Crippen molar-refractivity contribution in [3.8, 4) is 0 Å². The van der Waals surface area contributed by atoms with Crippen molar-refractivity contribution in [3.63, 3.8) is 0 Å². The quantitative estimate of drug-likeness (QED) is 0.556. The molecule has 0 aromatic carbocycles. The van der Waals surface area contributed by atoms with Crippen molar-refractivity contribution in [3.05, 3.63) is 12.2 Å². The average molecular weight is 222 g/mol. The predicted octanol–water partition coefficient (Wildman–Crippen LogP) is 1.33. The summed E-state index contributed by atoms with van der Waals surface area (Å²) in [4.78, 5) is 11.0. The van der Waals surface area contributed by atoms with Crippen molar-refractivity contribution in [1.29, 1.82) is 0 Å². The fourth-order valence-electron chi connectivity index (χ4n) is 1.68. The van der Waals surface area contributed by atoms with Gasteiger partial charge in [-0.05, 0) is 6.42 Å². The third kappa shape index (κ3) is 2.25. The van der Waals surface area contributed by atoms with Crippen LogP contribution in [0.2, 0.25) is 0 Å². The highest BCUT2D eigenvalue weighted by molar-refractivity contribution is 6.19. The zero-order valence-corrected chi connectivity index (χ0v) is 8.48. The van der Waals surface area contributed by atoms with Crippen LogP contribution in [0.3, 0.4) is 0 Å². The van der Waals surface area contributed by atoms with Crippen molar-refractivity contribution in [2.75, 3.05) is 12.4 Å². The molecule has 80 valence electrons. The van der Waals surface area contributed by atoms with Gasteiger partial charge in [0.25, 0.3) is 0 Å². The molecule has 14 heavy (non-hydrogen) atoms. The minimum atomic E-state index is -1.20. The summed E-state index contributed by atoms with van der Waals surface area (Å²) >= 11 is 5.52. The Labute approximate surface area is 86.9 Å². The molecular weight excluding hydrogens is 209 g/mol. The third-order valence-corrected chi connectivity index (χ3v) is 2.76. The van der Waals surface area contributed by atoms with Crippen LogP contribution in [0.15, 0.2) is 12.2 Å². The summed E-state index contributed by atoms with van der Waals surface area (Å²) < 4.78 is 12.9. The highest BCUT2D eigenvalue weighted by atomic mass is 35.5. The van der Waals surface area contributed by atoms with Gasteiger partial charge in [0.05, 0.1) is 0 Å². The van der Waals surface area contributed by atoms with Crippen LogP contribution in [0.5, 0.6) is 0 Å². The standard InChI is InChI=1S/C9H13ClFNO2/c1-6(4-10)2-9(8(13)14)3-7(11)5-12-9/h7,12H,1-5H2,(H,13,14)/t7-,9?/m0/s1. The molecule has 5 heteroatoms. The summed E-state index contributed by atoms with van der Waals surface area (Å²) in [6, 6.07) is 0. The van der Waals surface area contributed by atoms with Gasteiger partial charge in [-0.15, -0.1) is 11.6 Å². The molecule has 1 unspecified atom stereocenters. The number of rotatable bonds is 4. The van der Waals surface area contributed by atoms with Crippen LogP contribution in [0, 0.1) is 0 Å². The molecule has 1 saturated heterocycles. The molecule has 2 atom stereocenters. The zero-order valence-electron chi connectivity index (χ0n) is 7.72. The van der Waals surface area contributed by atoms with E-state index in [9.17, 15) is 9.18 Å². The van der Waals surface area contributed by atoms with E-state index in [1.165, 1.54) is 0 Å². The highest BCUT2D eigenvalue weighted by Gasteiger charge is 2.45. The number of aliphatic carboxylic acids is 1. The number of halogens is 2.